The van der Waals surface area contributed by atoms with E-state index in [1.807, 2.05) is 0 Å². The lowest BCUT2D eigenvalue weighted by Crippen LogP contribution is -2.24. The third kappa shape index (κ3) is 11.1. The Bertz CT molecular complexity index is 161. The summed E-state index contributed by atoms with van der Waals surface area (Å²) in [6.07, 6.45) is 1.24. The molecule has 0 bridgehead atoms. The van der Waals surface area contributed by atoms with Crippen LogP contribution in [-0.4, -0.2) is 45.2 Å². The fourth-order valence-electron chi connectivity index (χ4n) is 0.753. The molecule has 0 aliphatic rings. The van der Waals surface area contributed by atoms with Gasteiger partial charge in [0, 0.05) is 19.9 Å². The Balaban J connectivity index is 2.92. The average Bonchev–Trinajstić information content (AvgIpc) is 2.15. The van der Waals surface area contributed by atoms with Gasteiger partial charge in [-0.3, -0.25) is 4.79 Å². The van der Waals surface area contributed by atoms with E-state index >= 15 is 0 Å². The fourth-order valence-corrected chi connectivity index (χ4v) is 0.753. The van der Waals surface area contributed by atoms with Gasteiger partial charge in [-0.05, 0) is 0 Å². The van der Waals surface area contributed by atoms with E-state index in [-0.39, 0.29) is 5.91 Å². The van der Waals surface area contributed by atoms with Crippen LogP contribution in [0.3, 0.4) is 0 Å². The highest BCUT2D eigenvalue weighted by atomic mass is 16.5. The van der Waals surface area contributed by atoms with Gasteiger partial charge in [-0.15, -0.1) is 0 Å². The van der Waals surface area contributed by atoms with Gasteiger partial charge in [-0.25, -0.2) is 0 Å². The standard InChI is InChI=1S/C9H17NO4/c1-9(12)10-3-6-14-8-7-13-5-2-4-11/h4H,2-3,5-8H2,1H3,(H,10,12). The largest absolute Gasteiger partial charge is 0.379 e. The second-order valence-corrected chi connectivity index (χ2v) is 2.66. The van der Waals surface area contributed by atoms with Crippen LogP contribution in [-0.2, 0) is 19.1 Å². The predicted octanol–water partition coefficient (Wildman–Crippen LogP) is -0.255. The summed E-state index contributed by atoms with van der Waals surface area (Å²) in [6.45, 7) is 3.87. The number of hydrogen-bond donors (Lipinski definition) is 1. The van der Waals surface area contributed by atoms with Crippen molar-refractivity contribution in [2.24, 2.45) is 0 Å². The van der Waals surface area contributed by atoms with Crippen molar-refractivity contribution < 1.29 is 19.1 Å². The number of hydrogen-bond acceptors (Lipinski definition) is 4. The number of nitrogens with one attached hydrogen (secondary N) is 1. The van der Waals surface area contributed by atoms with E-state index < -0.39 is 0 Å². The molecule has 5 nitrogen and oxygen atoms in total. The molecule has 0 spiro atoms. The third-order valence-electron chi connectivity index (χ3n) is 1.37. The summed E-state index contributed by atoms with van der Waals surface area (Å²) in [5.74, 6) is -0.0594. The van der Waals surface area contributed by atoms with Gasteiger partial charge in [0.05, 0.1) is 26.4 Å². The van der Waals surface area contributed by atoms with Crippen LogP contribution in [0.4, 0.5) is 0 Å². The second-order valence-electron chi connectivity index (χ2n) is 2.66. The molecule has 1 amide bonds. The zero-order chi connectivity index (χ0) is 10.6. The topological polar surface area (TPSA) is 64.6 Å². The number of aldehydes is 1. The van der Waals surface area contributed by atoms with Crippen LogP contribution in [0.2, 0.25) is 0 Å². The molecule has 82 valence electrons. The molecule has 0 rings (SSSR count). The molecular formula is C9H17NO4. The Morgan fingerprint density at radius 2 is 1.86 bits per heavy atom. The number of carbonyl (C=O) groups is 2. The van der Waals surface area contributed by atoms with Crippen LogP contribution in [0.1, 0.15) is 13.3 Å². The first-order chi connectivity index (χ1) is 6.77. The molecular weight excluding hydrogens is 186 g/mol. The van der Waals surface area contributed by atoms with Gasteiger partial charge in [0.15, 0.2) is 0 Å². The molecule has 14 heavy (non-hydrogen) atoms. The predicted molar refractivity (Wildman–Crippen MR) is 51.0 cm³/mol. The van der Waals surface area contributed by atoms with E-state index in [0.717, 1.165) is 6.29 Å². The van der Waals surface area contributed by atoms with Crippen LogP contribution in [0.25, 0.3) is 0 Å². The lowest BCUT2D eigenvalue weighted by atomic mass is 10.5. The monoisotopic (exact) mass is 203 g/mol. The Morgan fingerprint density at radius 3 is 2.43 bits per heavy atom. The molecule has 5 heteroatoms. The molecule has 0 aliphatic heterocycles. The zero-order valence-corrected chi connectivity index (χ0v) is 8.45. The molecule has 0 aromatic heterocycles. The highest BCUT2D eigenvalue weighted by Crippen LogP contribution is 1.80. The Morgan fingerprint density at radius 1 is 1.21 bits per heavy atom. The lowest BCUT2D eigenvalue weighted by molar-refractivity contribution is -0.119. The van der Waals surface area contributed by atoms with Crippen molar-refractivity contribution in [2.75, 3.05) is 33.0 Å². The van der Waals surface area contributed by atoms with Crippen molar-refractivity contribution in [3.05, 3.63) is 0 Å². The molecule has 0 unspecified atom stereocenters. The van der Waals surface area contributed by atoms with Crippen LogP contribution in [0.5, 0.6) is 0 Å². The molecule has 0 aromatic rings. The van der Waals surface area contributed by atoms with Crippen molar-refractivity contribution in [1.29, 1.82) is 0 Å². The average molecular weight is 203 g/mol. The summed E-state index contributed by atoms with van der Waals surface area (Å²) < 4.78 is 10.2. The van der Waals surface area contributed by atoms with Crippen molar-refractivity contribution in [2.45, 2.75) is 13.3 Å². The smallest absolute Gasteiger partial charge is 0.216 e. The van der Waals surface area contributed by atoms with E-state index in [1.54, 1.807) is 0 Å². The van der Waals surface area contributed by atoms with Crippen LogP contribution >= 0.6 is 0 Å². The summed E-state index contributed by atoms with van der Waals surface area (Å²) in [6, 6.07) is 0. The summed E-state index contributed by atoms with van der Waals surface area (Å²) in [4.78, 5) is 20.3. The first-order valence-electron chi connectivity index (χ1n) is 4.61. The lowest BCUT2D eigenvalue weighted by Gasteiger charge is -2.04. The third-order valence-corrected chi connectivity index (χ3v) is 1.37. The zero-order valence-electron chi connectivity index (χ0n) is 8.45. The van der Waals surface area contributed by atoms with E-state index in [9.17, 15) is 9.59 Å². The molecule has 0 atom stereocenters. The molecule has 0 saturated heterocycles. The number of rotatable bonds is 9. The maximum absolute atomic E-state index is 10.4. The summed E-state index contributed by atoms with van der Waals surface area (Å²) in [5.41, 5.74) is 0. The minimum Gasteiger partial charge on any atom is -0.379 e. The van der Waals surface area contributed by atoms with Crippen molar-refractivity contribution in [3.8, 4) is 0 Å². The van der Waals surface area contributed by atoms with Gasteiger partial charge < -0.3 is 19.6 Å². The SMILES string of the molecule is CC(=O)NCCOCCOCCC=O. The Kier molecular flexibility index (Phi) is 9.46. The van der Waals surface area contributed by atoms with Gasteiger partial charge in [-0.1, -0.05) is 0 Å². The maximum atomic E-state index is 10.4. The van der Waals surface area contributed by atoms with Gasteiger partial charge >= 0.3 is 0 Å². The number of ether oxygens (including phenoxy) is 2. The normalized spacial score (nSPS) is 9.79. The first-order valence-corrected chi connectivity index (χ1v) is 4.61. The molecule has 0 radical (unpaired) electrons. The molecule has 0 heterocycles. The van der Waals surface area contributed by atoms with Gasteiger partial charge in [0.2, 0.25) is 5.91 Å². The van der Waals surface area contributed by atoms with E-state index in [1.165, 1.54) is 6.92 Å². The first kappa shape index (κ1) is 13.1. The second kappa shape index (κ2) is 10.1. The highest BCUT2D eigenvalue weighted by molar-refractivity contribution is 5.72. The van der Waals surface area contributed by atoms with E-state index in [0.29, 0.717) is 39.4 Å². The molecule has 0 fully saturated rings. The van der Waals surface area contributed by atoms with Crippen LogP contribution in [0, 0.1) is 0 Å². The Hall–Kier alpha value is -0.940. The van der Waals surface area contributed by atoms with Gasteiger partial charge in [0.25, 0.3) is 0 Å². The molecule has 1 N–H and O–H groups in total. The minimum absolute atomic E-state index is 0.0594. The van der Waals surface area contributed by atoms with Crippen molar-refractivity contribution in [1.82, 2.24) is 5.32 Å². The summed E-state index contributed by atoms with van der Waals surface area (Å²) >= 11 is 0. The van der Waals surface area contributed by atoms with Gasteiger partial charge in [-0.2, -0.15) is 0 Å². The number of amides is 1. The summed E-state index contributed by atoms with van der Waals surface area (Å²) in [5, 5.41) is 2.61. The highest BCUT2D eigenvalue weighted by Gasteiger charge is 1.91. The van der Waals surface area contributed by atoms with Crippen molar-refractivity contribution >= 4 is 12.2 Å². The van der Waals surface area contributed by atoms with E-state index in [2.05, 4.69) is 5.32 Å². The van der Waals surface area contributed by atoms with Crippen LogP contribution in [0.15, 0.2) is 0 Å². The molecule has 0 aromatic carbocycles. The molecule has 0 aliphatic carbocycles. The van der Waals surface area contributed by atoms with Crippen LogP contribution < -0.4 is 5.32 Å². The summed E-state index contributed by atoms with van der Waals surface area (Å²) in [7, 11) is 0. The quantitative estimate of drug-likeness (QED) is 0.414. The maximum Gasteiger partial charge on any atom is 0.216 e. The fraction of sp³-hybridized carbons (Fsp3) is 0.778. The Labute approximate surface area is 83.8 Å². The van der Waals surface area contributed by atoms with Gasteiger partial charge in [0.1, 0.15) is 6.29 Å². The molecule has 0 saturated carbocycles. The van der Waals surface area contributed by atoms with E-state index in [4.69, 9.17) is 9.47 Å². The number of carbonyl (C=O) groups excluding carboxylic acids is 2. The van der Waals surface area contributed by atoms with Crippen molar-refractivity contribution in [3.63, 3.8) is 0 Å². The minimum atomic E-state index is -0.0594.